The van der Waals surface area contributed by atoms with Gasteiger partial charge in [-0.15, -0.1) is 0 Å². The highest BCUT2D eigenvalue weighted by atomic mass is 79.9. The summed E-state index contributed by atoms with van der Waals surface area (Å²) in [5.41, 5.74) is 1.53. The summed E-state index contributed by atoms with van der Waals surface area (Å²) in [6, 6.07) is 16.4. The second-order valence-electron chi connectivity index (χ2n) is 7.49. The lowest BCUT2D eigenvalue weighted by molar-refractivity contribution is -0.128. The Morgan fingerprint density at radius 1 is 1.14 bits per heavy atom. The molecule has 2 amide bonds. The number of nitrogens with one attached hydrogen (secondary N) is 1. The number of halogens is 1. The lowest BCUT2D eigenvalue weighted by atomic mass is 9.92. The molecule has 28 heavy (non-hydrogen) atoms. The zero-order valence-electron chi connectivity index (χ0n) is 16.0. The fraction of sp³-hybridized carbons (Fsp3) is 0.364. The van der Waals surface area contributed by atoms with Crippen LogP contribution in [-0.4, -0.2) is 29.5 Å². The first-order valence-corrected chi connectivity index (χ1v) is 10.3. The number of amides is 2. The number of benzene rings is 2. The molecule has 1 saturated heterocycles. The Morgan fingerprint density at radius 2 is 1.79 bits per heavy atom. The van der Waals surface area contributed by atoms with Crippen LogP contribution in [0, 0.1) is 11.8 Å². The van der Waals surface area contributed by atoms with E-state index < -0.39 is 18.1 Å². The molecule has 0 aliphatic carbocycles. The fourth-order valence-electron chi connectivity index (χ4n) is 3.54. The van der Waals surface area contributed by atoms with Gasteiger partial charge in [-0.2, -0.15) is 0 Å². The Balaban J connectivity index is 1.71. The number of carbonyl (C=O) groups is 2. The first-order valence-electron chi connectivity index (χ1n) is 9.46. The van der Waals surface area contributed by atoms with Crippen molar-refractivity contribution in [3.63, 3.8) is 0 Å². The van der Waals surface area contributed by atoms with E-state index in [9.17, 15) is 14.7 Å². The molecule has 2 N–H and O–H groups in total. The lowest BCUT2D eigenvalue weighted by Crippen LogP contribution is -2.46. The predicted molar refractivity (Wildman–Crippen MR) is 113 cm³/mol. The standard InChI is InChI=1S/C22H25BrN2O3/c1-14(2)20(21(27)15-8-4-3-5-9-15)24-22(28)16-12-19(26)25(13-16)18-11-7-6-10-17(18)23/h3-11,14,16,20-21,27H,12-13H2,1-2H3,(H,24,28)/t16-,20+,21-/m1/s1. The van der Waals surface area contributed by atoms with Crippen LogP contribution in [0.2, 0.25) is 0 Å². The Labute approximate surface area is 173 Å². The zero-order chi connectivity index (χ0) is 20.3. The molecular weight excluding hydrogens is 420 g/mol. The average Bonchev–Trinajstić information content (AvgIpc) is 3.08. The van der Waals surface area contributed by atoms with Gasteiger partial charge in [-0.05, 0) is 39.5 Å². The highest BCUT2D eigenvalue weighted by Crippen LogP contribution is 2.31. The summed E-state index contributed by atoms with van der Waals surface area (Å²) >= 11 is 3.47. The van der Waals surface area contributed by atoms with Crippen molar-refractivity contribution in [2.45, 2.75) is 32.4 Å². The van der Waals surface area contributed by atoms with Crippen molar-refractivity contribution in [1.82, 2.24) is 5.32 Å². The van der Waals surface area contributed by atoms with Crippen LogP contribution >= 0.6 is 15.9 Å². The van der Waals surface area contributed by atoms with Crippen LogP contribution in [0.15, 0.2) is 59.1 Å². The molecule has 0 unspecified atom stereocenters. The summed E-state index contributed by atoms with van der Waals surface area (Å²) < 4.78 is 0.823. The highest BCUT2D eigenvalue weighted by molar-refractivity contribution is 9.10. The molecule has 0 aromatic heterocycles. The monoisotopic (exact) mass is 444 g/mol. The molecule has 0 saturated carbocycles. The number of anilines is 1. The molecule has 1 aliphatic rings. The van der Waals surface area contributed by atoms with Crippen LogP contribution in [0.1, 0.15) is 31.9 Å². The third-order valence-electron chi connectivity index (χ3n) is 5.15. The van der Waals surface area contributed by atoms with Gasteiger partial charge in [0.15, 0.2) is 0 Å². The fourth-order valence-corrected chi connectivity index (χ4v) is 4.04. The van der Waals surface area contributed by atoms with E-state index in [1.807, 2.05) is 68.4 Å². The summed E-state index contributed by atoms with van der Waals surface area (Å²) in [4.78, 5) is 27.0. The molecule has 5 nitrogen and oxygen atoms in total. The lowest BCUT2D eigenvalue weighted by Gasteiger charge is -2.29. The normalized spacial score (nSPS) is 19.0. The maximum atomic E-state index is 12.9. The topological polar surface area (TPSA) is 69.6 Å². The smallest absolute Gasteiger partial charge is 0.227 e. The van der Waals surface area contributed by atoms with E-state index in [-0.39, 0.29) is 24.2 Å². The van der Waals surface area contributed by atoms with Gasteiger partial charge in [0.2, 0.25) is 11.8 Å². The van der Waals surface area contributed by atoms with Crippen molar-refractivity contribution in [3.05, 3.63) is 64.6 Å². The van der Waals surface area contributed by atoms with E-state index in [2.05, 4.69) is 21.2 Å². The van der Waals surface area contributed by atoms with Crippen molar-refractivity contribution in [3.8, 4) is 0 Å². The van der Waals surface area contributed by atoms with Crippen LogP contribution in [0.4, 0.5) is 5.69 Å². The largest absolute Gasteiger partial charge is 0.386 e. The molecule has 148 valence electrons. The highest BCUT2D eigenvalue weighted by Gasteiger charge is 2.37. The van der Waals surface area contributed by atoms with Crippen molar-refractivity contribution in [1.29, 1.82) is 0 Å². The summed E-state index contributed by atoms with van der Waals surface area (Å²) in [6.07, 6.45) is -0.638. The van der Waals surface area contributed by atoms with E-state index >= 15 is 0 Å². The first-order chi connectivity index (χ1) is 13.4. The number of nitrogens with zero attached hydrogens (tertiary/aromatic N) is 1. The van der Waals surface area contributed by atoms with E-state index in [4.69, 9.17) is 0 Å². The van der Waals surface area contributed by atoms with Crippen molar-refractivity contribution < 1.29 is 14.7 Å². The number of para-hydroxylation sites is 1. The number of hydrogen-bond donors (Lipinski definition) is 2. The molecule has 2 aromatic rings. The number of hydrogen-bond acceptors (Lipinski definition) is 3. The molecule has 1 aliphatic heterocycles. The average molecular weight is 445 g/mol. The number of rotatable bonds is 6. The van der Waals surface area contributed by atoms with Gasteiger partial charge in [0.1, 0.15) is 0 Å². The SMILES string of the molecule is CC(C)[C@H](NC(=O)[C@@H]1CC(=O)N(c2ccccc2Br)C1)[C@H](O)c1ccccc1. The predicted octanol–water partition coefficient (Wildman–Crippen LogP) is 3.68. The van der Waals surface area contributed by atoms with E-state index in [1.54, 1.807) is 4.90 Å². The minimum absolute atomic E-state index is 0.0376. The quantitative estimate of drug-likeness (QED) is 0.713. The van der Waals surface area contributed by atoms with E-state index in [0.717, 1.165) is 15.7 Å². The van der Waals surface area contributed by atoms with Gasteiger partial charge in [0, 0.05) is 17.4 Å². The van der Waals surface area contributed by atoms with Crippen molar-refractivity contribution in [2.75, 3.05) is 11.4 Å². The molecule has 3 rings (SSSR count). The van der Waals surface area contributed by atoms with Gasteiger partial charge in [-0.25, -0.2) is 0 Å². The van der Waals surface area contributed by atoms with Crippen LogP contribution in [-0.2, 0) is 9.59 Å². The Hall–Kier alpha value is -2.18. The molecule has 0 radical (unpaired) electrons. The summed E-state index contributed by atoms with van der Waals surface area (Å²) in [6.45, 7) is 4.26. The molecule has 0 spiro atoms. The van der Waals surface area contributed by atoms with Gasteiger partial charge in [-0.1, -0.05) is 56.3 Å². The van der Waals surface area contributed by atoms with Crippen LogP contribution in [0.3, 0.4) is 0 Å². The molecule has 1 fully saturated rings. The molecule has 2 aromatic carbocycles. The second kappa shape index (κ2) is 8.88. The summed E-state index contributed by atoms with van der Waals surface area (Å²) in [7, 11) is 0. The third-order valence-corrected chi connectivity index (χ3v) is 5.82. The second-order valence-corrected chi connectivity index (χ2v) is 8.35. The van der Waals surface area contributed by atoms with Crippen LogP contribution < -0.4 is 10.2 Å². The maximum absolute atomic E-state index is 12.9. The number of carbonyl (C=O) groups excluding carboxylic acids is 2. The van der Waals surface area contributed by atoms with Crippen LogP contribution in [0.5, 0.6) is 0 Å². The Bertz CT molecular complexity index is 841. The minimum Gasteiger partial charge on any atom is -0.386 e. The van der Waals surface area contributed by atoms with Crippen LogP contribution in [0.25, 0.3) is 0 Å². The molecule has 3 atom stereocenters. The van der Waals surface area contributed by atoms with Gasteiger partial charge < -0.3 is 15.3 Å². The number of aliphatic hydroxyl groups is 1. The van der Waals surface area contributed by atoms with Gasteiger partial charge in [0.25, 0.3) is 0 Å². The van der Waals surface area contributed by atoms with Gasteiger partial charge in [-0.3, -0.25) is 9.59 Å². The molecular formula is C22H25BrN2O3. The van der Waals surface area contributed by atoms with Gasteiger partial charge >= 0.3 is 0 Å². The summed E-state index contributed by atoms with van der Waals surface area (Å²) in [5.74, 6) is -0.673. The van der Waals surface area contributed by atoms with Crippen molar-refractivity contribution >= 4 is 33.4 Å². The third kappa shape index (κ3) is 4.45. The number of aliphatic hydroxyl groups excluding tert-OH is 1. The van der Waals surface area contributed by atoms with E-state index in [1.165, 1.54) is 0 Å². The van der Waals surface area contributed by atoms with Gasteiger partial charge in [0.05, 0.1) is 23.8 Å². The Kier molecular flexibility index (Phi) is 6.52. The first kappa shape index (κ1) is 20.6. The van der Waals surface area contributed by atoms with E-state index in [0.29, 0.717) is 6.54 Å². The summed E-state index contributed by atoms with van der Waals surface area (Å²) in [5, 5.41) is 13.7. The Morgan fingerprint density at radius 3 is 2.43 bits per heavy atom. The minimum atomic E-state index is -0.804. The molecule has 0 bridgehead atoms. The maximum Gasteiger partial charge on any atom is 0.227 e. The molecule has 6 heteroatoms. The van der Waals surface area contributed by atoms with Crippen molar-refractivity contribution in [2.24, 2.45) is 11.8 Å². The molecule has 1 heterocycles. The zero-order valence-corrected chi connectivity index (χ0v) is 17.6.